The lowest BCUT2D eigenvalue weighted by molar-refractivity contribution is 0.0954. The van der Waals surface area contributed by atoms with Crippen molar-refractivity contribution < 1.29 is 27.1 Å². The van der Waals surface area contributed by atoms with Crippen LogP contribution in [-0.4, -0.2) is 34.1 Å². The second kappa shape index (κ2) is 9.27. The summed E-state index contributed by atoms with van der Waals surface area (Å²) in [6, 6.07) is 16.7. The molecule has 32 heavy (non-hydrogen) atoms. The van der Waals surface area contributed by atoms with E-state index < -0.39 is 10.0 Å². The lowest BCUT2D eigenvalue weighted by atomic mass is 10.1. The first-order valence-corrected chi connectivity index (χ1v) is 11.4. The second-order valence-electron chi connectivity index (χ2n) is 7.12. The van der Waals surface area contributed by atoms with Gasteiger partial charge in [0.05, 0.1) is 4.90 Å². The predicted molar refractivity (Wildman–Crippen MR) is 117 cm³/mol. The van der Waals surface area contributed by atoms with Crippen LogP contribution in [0.1, 0.15) is 15.9 Å². The Labute approximate surface area is 185 Å². The van der Waals surface area contributed by atoms with Crippen LogP contribution < -0.4 is 19.5 Å². The van der Waals surface area contributed by atoms with Crippen molar-refractivity contribution in [1.82, 2.24) is 5.32 Å². The fourth-order valence-corrected chi connectivity index (χ4v) is 4.27. The summed E-state index contributed by atoms with van der Waals surface area (Å²) >= 11 is 0. The normalized spacial score (nSPS) is 12.8. The highest BCUT2D eigenvalue weighted by Crippen LogP contribution is 2.32. The highest BCUT2D eigenvalue weighted by Gasteiger charge is 2.20. The molecule has 2 N–H and O–H groups in total. The third kappa shape index (κ3) is 5.17. The molecular formula is C23H21FN2O5S. The number of sulfonamides is 1. The van der Waals surface area contributed by atoms with E-state index in [1.807, 2.05) is 0 Å². The molecule has 0 radical (unpaired) electrons. The van der Waals surface area contributed by atoms with Crippen LogP contribution in [0.15, 0.2) is 71.6 Å². The molecular weight excluding hydrogens is 435 g/mol. The number of halogens is 1. The Morgan fingerprint density at radius 2 is 1.69 bits per heavy atom. The van der Waals surface area contributed by atoms with Gasteiger partial charge in [0.15, 0.2) is 11.5 Å². The van der Waals surface area contributed by atoms with E-state index in [-0.39, 0.29) is 22.3 Å². The first-order valence-electron chi connectivity index (χ1n) is 9.96. The zero-order valence-corrected chi connectivity index (χ0v) is 17.8. The lowest BCUT2D eigenvalue weighted by Gasteiger charge is -2.19. The van der Waals surface area contributed by atoms with Crippen LogP contribution in [0.2, 0.25) is 0 Å². The Hall–Kier alpha value is -3.59. The third-order valence-electron chi connectivity index (χ3n) is 4.81. The number of hydrogen-bond donors (Lipinski definition) is 2. The van der Waals surface area contributed by atoms with E-state index in [2.05, 4.69) is 10.0 Å². The Morgan fingerprint density at radius 1 is 0.938 bits per heavy atom. The number of benzene rings is 3. The van der Waals surface area contributed by atoms with Gasteiger partial charge in [-0.3, -0.25) is 9.52 Å². The van der Waals surface area contributed by atoms with Gasteiger partial charge in [-0.15, -0.1) is 0 Å². The van der Waals surface area contributed by atoms with Crippen LogP contribution in [0.25, 0.3) is 0 Å². The minimum atomic E-state index is -3.89. The Balaban J connectivity index is 1.40. The van der Waals surface area contributed by atoms with Crippen molar-refractivity contribution in [3.63, 3.8) is 0 Å². The lowest BCUT2D eigenvalue weighted by Crippen LogP contribution is -2.25. The molecule has 0 unspecified atom stereocenters. The van der Waals surface area contributed by atoms with Crippen molar-refractivity contribution in [3.8, 4) is 11.5 Å². The quantitative estimate of drug-likeness (QED) is 0.569. The first kappa shape index (κ1) is 21.6. The minimum absolute atomic E-state index is 0.0240. The van der Waals surface area contributed by atoms with Gasteiger partial charge in [0.2, 0.25) is 0 Å². The Bertz CT molecular complexity index is 1230. The maximum Gasteiger partial charge on any atom is 0.262 e. The zero-order valence-electron chi connectivity index (χ0n) is 17.0. The second-order valence-corrected chi connectivity index (χ2v) is 8.81. The smallest absolute Gasteiger partial charge is 0.262 e. The third-order valence-corrected chi connectivity index (χ3v) is 6.19. The maximum absolute atomic E-state index is 13.0. The van der Waals surface area contributed by atoms with E-state index in [1.165, 1.54) is 30.3 Å². The molecule has 0 aromatic heterocycles. The summed E-state index contributed by atoms with van der Waals surface area (Å²) in [4.78, 5) is 12.5. The summed E-state index contributed by atoms with van der Waals surface area (Å²) in [5.41, 5.74) is 1.46. The Kier molecular flexibility index (Phi) is 6.27. The van der Waals surface area contributed by atoms with Gasteiger partial charge in [-0.25, -0.2) is 12.8 Å². The van der Waals surface area contributed by atoms with Gasteiger partial charge in [0, 0.05) is 23.9 Å². The van der Waals surface area contributed by atoms with Crippen molar-refractivity contribution in [2.75, 3.05) is 24.5 Å². The Morgan fingerprint density at radius 3 is 2.47 bits per heavy atom. The maximum atomic E-state index is 13.0. The number of fused-ring (bicyclic) bond motifs is 1. The van der Waals surface area contributed by atoms with Gasteiger partial charge in [-0.1, -0.05) is 18.2 Å². The number of anilines is 1. The van der Waals surface area contributed by atoms with Gasteiger partial charge >= 0.3 is 0 Å². The summed E-state index contributed by atoms with van der Waals surface area (Å²) in [6.07, 6.45) is 0.544. The number of rotatable bonds is 7. The molecule has 1 aliphatic heterocycles. The van der Waals surface area contributed by atoms with Crippen LogP contribution in [0.5, 0.6) is 11.5 Å². The van der Waals surface area contributed by atoms with Crippen LogP contribution in [-0.2, 0) is 16.4 Å². The molecule has 7 nitrogen and oxygen atoms in total. The van der Waals surface area contributed by atoms with Crippen LogP contribution >= 0.6 is 0 Å². The summed E-state index contributed by atoms with van der Waals surface area (Å²) in [5.74, 6) is 0.212. The predicted octanol–water partition coefficient (Wildman–Crippen LogP) is 3.37. The first-order chi connectivity index (χ1) is 15.4. The van der Waals surface area contributed by atoms with E-state index in [4.69, 9.17) is 9.47 Å². The summed E-state index contributed by atoms with van der Waals surface area (Å²) in [5, 5.41) is 2.78. The summed E-state index contributed by atoms with van der Waals surface area (Å²) in [6.45, 7) is 1.12. The van der Waals surface area contributed by atoms with Crippen molar-refractivity contribution in [2.45, 2.75) is 11.3 Å². The van der Waals surface area contributed by atoms with Gasteiger partial charge < -0.3 is 14.8 Å². The molecule has 0 bridgehead atoms. The van der Waals surface area contributed by atoms with Gasteiger partial charge in [-0.2, -0.15) is 0 Å². The van der Waals surface area contributed by atoms with Crippen molar-refractivity contribution in [1.29, 1.82) is 0 Å². The van der Waals surface area contributed by atoms with E-state index in [9.17, 15) is 17.6 Å². The molecule has 0 saturated heterocycles. The average Bonchev–Trinajstić information content (AvgIpc) is 2.80. The van der Waals surface area contributed by atoms with E-state index in [0.29, 0.717) is 43.2 Å². The van der Waals surface area contributed by atoms with E-state index in [1.54, 1.807) is 36.4 Å². The molecule has 0 spiro atoms. The highest BCUT2D eigenvalue weighted by molar-refractivity contribution is 7.92. The molecule has 0 saturated carbocycles. The van der Waals surface area contributed by atoms with Crippen LogP contribution in [0, 0.1) is 5.82 Å². The van der Waals surface area contributed by atoms with Crippen LogP contribution in [0.4, 0.5) is 10.1 Å². The largest absolute Gasteiger partial charge is 0.486 e. The van der Waals surface area contributed by atoms with Crippen molar-refractivity contribution in [3.05, 3.63) is 83.7 Å². The zero-order chi connectivity index (χ0) is 22.6. The monoisotopic (exact) mass is 456 g/mol. The fraction of sp³-hybridized carbons (Fsp3) is 0.174. The average molecular weight is 456 g/mol. The van der Waals surface area contributed by atoms with Crippen molar-refractivity contribution in [2.24, 2.45) is 0 Å². The topological polar surface area (TPSA) is 93.7 Å². The van der Waals surface area contributed by atoms with Gasteiger partial charge in [0.25, 0.3) is 15.9 Å². The molecule has 1 amide bonds. The summed E-state index contributed by atoms with van der Waals surface area (Å²) in [7, 11) is -3.89. The molecule has 0 aliphatic carbocycles. The fourth-order valence-electron chi connectivity index (χ4n) is 3.20. The standard InChI is InChI=1S/C23H21FN2O5S/c24-18-6-4-16(5-7-18)10-11-25-23(27)17-2-1-3-19(14-17)26-32(28,29)20-8-9-21-22(15-20)31-13-12-30-21/h1-9,14-15,26H,10-13H2,(H,25,27). The highest BCUT2D eigenvalue weighted by atomic mass is 32.2. The molecule has 9 heteroatoms. The molecule has 0 atom stereocenters. The number of carbonyl (C=O) groups excluding carboxylic acids is 1. The minimum Gasteiger partial charge on any atom is -0.486 e. The molecule has 3 aromatic carbocycles. The number of hydrogen-bond acceptors (Lipinski definition) is 5. The molecule has 0 fully saturated rings. The number of nitrogens with one attached hydrogen (secondary N) is 2. The summed E-state index contributed by atoms with van der Waals surface area (Å²) < 4.78 is 51.9. The molecule has 1 heterocycles. The molecule has 4 rings (SSSR count). The van der Waals surface area contributed by atoms with Crippen LogP contribution in [0.3, 0.4) is 0 Å². The number of ether oxygens (including phenoxy) is 2. The molecule has 166 valence electrons. The van der Waals surface area contributed by atoms with E-state index >= 15 is 0 Å². The van der Waals surface area contributed by atoms with Crippen molar-refractivity contribution >= 4 is 21.6 Å². The molecule has 1 aliphatic rings. The molecule has 3 aromatic rings. The SMILES string of the molecule is O=C(NCCc1ccc(F)cc1)c1cccc(NS(=O)(=O)c2ccc3c(c2)OCCO3)c1. The number of amides is 1. The van der Waals surface area contributed by atoms with E-state index in [0.717, 1.165) is 5.56 Å². The van der Waals surface area contributed by atoms with Gasteiger partial charge in [0.1, 0.15) is 19.0 Å². The number of carbonyl (C=O) groups is 1. The van der Waals surface area contributed by atoms with Gasteiger partial charge in [-0.05, 0) is 54.4 Å².